The number of rotatable bonds is 3. The van der Waals surface area contributed by atoms with E-state index >= 15 is 0 Å². The van der Waals surface area contributed by atoms with Gasteiger partial charge in [-0.2, -0.15) is 4.98 Å². The Bertz CT molecular complexity index is 304. The van der Waals surface area contributed by atoms with Crippen LogP contribution in [0.15, 0.2) is 17.1 Å². The summed E-state index contributed by atoms with van der Waals surface area (Å²) in [5.41, 5.74) is 6.31. The highest BCUT2D eigenvalue weighted by molar-refractivity contribution is 9.11. The lowest BCUT2D eigenvalue weighted by Crippen LogP contribution is -2.06. The van der Waals surface area contributed by atoms with Gasteiger partial charge in [0, 0.05) is 22.8 Å². The van der Waals surface area contributed by atoms with Crippen LogP contribution < -0.4 is 11.1 Å². The lowest BCUT2D eigenvalue weighted by molar-refractivity contribution is 1.10. The van der Waals surface area contributed by atoms with Crippen molar-refractivity contribution in [1.29, 1.82) is 0 Å². The summed E-state index contributed by atoms with van der Waals surface area (Å²) < 4.78 is 0.863. The van der Waals surface area contributed by atoms with Crippen LogP contribution in [0.3, 0.4) is 0 Å². The predicted molar refractivity (Wildman–Crippen MR) is 57.7 cm³/mol. The fourth-order valence-corrected chi connectivity index (χ4v) is 1.01. The second kappa shape index (κ2) is 4.23. The normalized spacial score (nSPS) is 9.69. The lowest BCUT2D eigenvalue weighted by atomic mass is 10.4. The van der Waals surface area contributed by atoms with E-state index in [2.05, 4.69) is 37.8 Å². The summed E-state index contributed by atoms with van der Waals surface area (Å²) in [6.07, 6.45) is 0. The summed E-state index contributed by atoms with van der Waals surface area (Å²) in [6.45, 7) is 6.18. The minimum Gasteiger partial charge on any atom is -0.368 e. The average Bonchev–Trinajstić information content (AvgIpc) is 1.99. The Balaban J connectivity index is 2.71. The summed E-state index contributed by atoms with van der Waals surface area (Å²) in [6, 6.07) is 1.83. The van der Waals surface area contributed by atoms with Crippen molar-refractivity contribution in [3.05, 3.63) is 22.8 Å². The molecule has 13 heavy (non-hydrogen) atoms. The molecule has 1 heterocycles. The molecule has 5 heteroatoms. The van der Waals surface area contributed by atoms with Crippen LogP contribution in [-0.4, -0.2) is 16.5 Å². The van der Waals surface area contributed by atoms with Crippen LogP contribution in [0.5, 0.6) is 0 Å². The first-order valence-electron chi connectivity index (χ1n) is 3.76. The Hall–Kier alpha value is -1.10. The van der Waals surface area contributed by atoms with Crippen molar-refractivity contribution in [1.82, 2.24) is 9.97 Å². The van der Waals surface area contributed by atoms with Crippen LogP contribution in [0, 0.1) is 6.92 Å². The van der Waals surface area contributed by atoms with Gasteiger partial charge in [0.1, 0.15) is 5.82 Å². The van der Waals surface area contributed by atoms with Crippen molar-refractivity contribution in [2.24, 2.45) is 0 Å². The largest absolute Gasteiger partial charge is 0.368 e. The summed E-state index contributed by atoms with van der Waals surface area (Å²) in [7, 11) is 0. The van der Waals surface area contributed by atoms with Gasteiger partial charge in [-0.1, -0.05) is 22.5 Å². The number of hydrogen-bond donors (Lipinski definition) is 2. The van der Waals surface area contributed by atoms with Gasteiger partial charge in [-0.15, -0.1) is 0 Å². The quantitative estimate of drug-likeness (QED) is 0.847. The number of anilines is 2. The highest BCUT2D eigenvalue weighted by Crippen LogP contribution is 2.08. The molecule has 0 radical (unpaired) electrons. The van der Waals surface area contributed by atoms with Gasteiger partial charge in [0.15, 0.2) is 0 Å². The second-order valence-electron chi connectivity index (χ2n) is 2.62. The van der Waals surface area contributed by atoms with Crippen molar-refractivity contribution >= 4 is 27.7 Å². The van der Waals surface area contributed by atoms with Gasteiger partial charge in [0.2, 0.25) is 5.95 Å². The topological polar surface area (TPSA) is 63.8 Å². The lowest BCUT2D eigenvalue weighted by Gasteiger charge is -2.05. The molecule has 0 atom stereocenters. The Morgan fingerprint density at radius 3 is 2.92 bits per heavy atom. The third-order valence-electron chi connectivity index (χ3n) is 1.33. The molecule has 1 aromatic rings. The van der Waals surface area contributed by atoms with Gasteiger partial charge in [0.25, 0.3) is 0 Å². The molecule has 0 unspecified atom stereocenters. The maximum absolute atomic E-state index is 5.47. The molecule has 1 aromatic heterocycles. The van der Waals surface area contributed by atoms with Crippen LogP contribution >= 0.6 is 15.9 Å². The highest BCUT2D eigenvalue weighted by atomic mass is 79.9. The Labute approximate surface area is 85.4 Å². The molecule has 70 valence electrons. The van der Waals surface area contributed by atoms with E-state index in [1.54, 1.807) is 0 Å². The molecule has 0 amide bonds. The molecule has 0 aliphatic rings. The maximum Gasteiger partial charge on any atom is 0.222 e. The molecule has 0 bridgehead atoms. The minimum absolute atomic E-state index is 0.280. The van der Waals surface area contributed by atoms with E-state index in [0.717, 1.165) is 10.2 Å². The van der Waals surface area contributed by atoms with E-state index < -0.39 is 0 Å². The van der Waals surface area contributed by atoms with Crippen LogP contribution in [0.25, 0.3) is 0 Å². The van der Waals surface area contributed by atoms with Gasteiger partial charge in [-0.05, 0) is 6.92 Å². The third kappa shape index (κ3) is 3.42. The van der Waals surface area contributed by atoms with Crippen molar-refractivity contribution in [2.75, 3.05) is 17.6 Å². The van der Waals surface area contributed by atoms with E-state index in [4.69, 9.17) is 5.73 Å². The molecule has 0 spiro atoms. The fourth-order valence-electron chi connectivity index (χ4n) is 0.869. The smallest absolute Gasteiger partial charge is 0.222 e. The molecule has 0 aromatic carbocycles. The zero-order chi connectivity index (χ0) is 9.84. The van der Waals surface area contributed by atoms with Crippen LogP contribution in [0.4, 0.5) is 11.8 Å². The number of nitrogens with two attached hydrogens (primary N) is 1. The number of nitrogens with zero attached hydrogens (tertiary/aromatic N) is 2. The van der Waals surface area contributed by atoms with E-state index in [-0.39, 0.29) is 5.95 Å². The number of nitrogens with one attached hydrogen (secondary N) is 1. The van der Waals surface area contributed by atoms with Crippen molar-refractivity contribution in [2.45, 2.75) is 6.92 Å². The van der Waals surface area contributed by atoms with E-state index in [1.807, 2.05) is 13.0 Å². The monoisotopic (exact) mass is 242 g/mol. The summed E-state index contributed by atoms with van der Waals surface area (Å²) in [5.74, 6) is 0.994. The van der Waals surface area contributed by atoms with E-state index in [9.17, 15) is 0 Å². The number of aryl methyl sites for hydroxylation is 1. The summed E-state index contributed by atoms with van der Waals surface area (Å²) in [4.78, 5) is 7.95. The van der Waals surface area contributed by atoms with Gasteiger partial charge in [-0.3, -0.25) is 0 Å². The Kier molecular flexibility index (Phi) is 3.25. The number of aromatic nitrogens is 2. The number of halogens is 1. The van der Waals surface area contributed by atoms with Crippen molar-refractivity contribution in [3.8, 4) is 0 Å². The van der Waals surface area contributed by atoms with Crippen LogP contribution in [-0.2, 0) is 0 Å². The number of nitrogen functional groups attached to an aromatic ring is 1. The summed E-state index contributed by atoms with van der Waals surface area (Å²) in [5, 5.41) is 3.05. The third-order valence-corrected chi connectivity index (χ3v) is 1.61. The minimum atomic E-state index is 0.280. The molecule has 0 saturated heterocycles. The molecular weight excluding hydrogens is 232 g/mol. The highest BCUT2D eigenvalue weighted by Gasteiger charge is 1.97. The van der Waals surface area contributed by atoms with Crippen LogP contribution in [0.1, 0.15) is 5.69 Å². The number of hydrogen-bond acceptors (Lipinski definition) is 4. The zero-order valence-electron chi connectivity index (χ0n) is 7.34. The molecule has 1 rings (SSSR count). The molecule has 0 fully saturated rings. The van der Waals surface area contributed by atoms with E-state index in [0.29, 0.717) is 12.4 Å². The summed E-state index contributed by atoms with van der Waals surface area (Å²) >= 11 is 3.24. The Morgan fingerprint density at radius 2 is 2.38 bits per heavy atom. The first-order valence-corrected chi connectivity index (χ1v) is 4.55. The molecule has 0 aliphatic heterocycles. The fraction of sp³-hybridized carbons (Fsp3) is 0.250. The van der Waals surface area contributed by atoms with Crippen molar-refractivity contribution < 1.29 is 0 Å². The first-order chi connectivity index (χ1) is 6.08. The predicted octanol–water partition coefficient (Wildman–Crippen LogP) is 1.69. The zero-order valence-corrected chi connectivity index (χ0v) is 8.93. The van der Waals surface area contributed by atoms with Crippen molar-refractivity contribution in [3.63, 3.8) is 0 Å². The second-order valence-corrected chi connectivity index (χ2v) is 3.75. The average molecular weight is 243 g/mol. The maximum atomic E-state index is 5.47. The van der Waals surface area contributed by atoms with Crippen LogP contribution in [0.2, 0.25) is 0 Å². The standard InChI is InChI=1S/C8H11BrN4/c1-5(9)4-11-7-3-6(2)12-8(10)13-7/h3H,1,4H2,2H3,(H3,10,11,12,13). The SMILES string of the molecule is C=C(Br)CNc1cc(C)nc(N)n1. The van der Waals surface area contributed by atoms with Gasteiger partial charge in [0.05, 0.1) is 0 Å². The Morgan fingerprint density at radius 1 is 1.69 bits per heavy atom. The first kappa shape index (κ1) is 9.98. The van der Waals surface area contributed by atoms with Gasteiger partial charge < -0.3 is 11.1 Å². The molecular formula is C8H11BrN4. The van der Waals surface area contributed by atoms with Gasteiger partial charge in [-0.25, -0.2) is 4.98 Å². The molecule has 4 nitrogen and oxygen atoms in total. The molecule has 0 saturated carbocycles. The van der Waals surface area contributed by atoms with Gasteiger partial charge >= 0.3 is 0 Å². The molecule has 0 aliphatic carbocycles. The molecule has 3 N–H and O–H groups in total. The van der Waals surface area contributed by atoms with E-state index in [1.165, 1.54) is 0 Å².